The highest BCUT2D eigenvalue weighted by molar-refractivity contribution is 7.55. The van der Waals surface area contributed by atoms with Gasteiger partial charge in [-0.05, 0) is 31.1 Å². The molecular formula is C12H18ClP. The number of hydrogen-bond donors (Lipinski definition) is 0. The molecule has 0 radical (unpaired) electrons. The molecule has 0 fully saturated rings. The molecule has 78 valence electrons. The van der Waals surface area contributed by atoms with Crippen LogP contribution in [0.5, 0.6) is 0 Å². The largest absolute Gasteiger partial charge is 0.122 e. The molecule has 0 unspecified atom stereocenters. The molecule has 0 spiro atoms. The van der Waals surface area contributed by atoms with Gasteiger partial charge in [0, 0.05) is 5.88 Å². The molecule has 0 N–H and O–H groups in total. The smallest absolute Gasteiger partial charge is 0.0479 e. The zero-order valence-corrected chi connectivity index (χ0v) is 10.8. The third-order valence-corrected chi connectivity index (χ3v) is 1.71. The second-order valence-electron chi connectivity index (χ2n) is 3.38. The predicted molar refractivity (Wildman–Crippen MR) is 70.8 cm³/mol. The molecule has 1 rings (SSSR count). The van der Waals surface area contributed by atoms with Gasteiger partial charge in [-0.2, -0.15) is 0 Å². The summed E-state index contributed by atoms with van der Waals surface area (Å²) in [6, 6.07) is 7.96. The summed E-state index contributed by atoms with van der Waals surface area (Å²) in [5, 5.41) is 0. The van der Waals surface area contributed by atoms with Crippen LogP contribution in [-0.2, 0) is 5.88 Å². The van der Waals surface area contributed by atoms with E-state index in [0.29, 0.717) is 13.8 Å². The van der Waals surface area contributed by atoms with Crippen molar-refractivity contribution in [2.75, 3.05) is 20.0 Å². The molecule has 14 heavy (non-hydrogen) atoms. The lowest BCUT2D eigenvalue weighted by Gasteiger charge is -1.98. The minimum atomic E-state index is 0.380. The zero-order valence-electron chi connectivity index (χ0n) is 9.13. The highest BCUT2D eigenvalue weighted by atomic mass is 35.5. The Kier molecular flexibility index (Phi) is 7.84. The maximum Gasteiger partial charge on any atom is 0.0479 e. The Labute approximate surface area is 93.7 Å². The van der Waals surface area contributed by atoms with Crippen LogP contribution in [-0.4, -0.2) is 20.0 Å². The monoisotopic (exact) mass is 228 g/mol. The summed E-state index contributed by atoms with van der Waals surface area (Å²) in [6.45, 7) is 10.4. The van der Waals surface area contributed by atoms with Gasteiger partial charge < -0.3 is 0 Å². The second kappa shape index (κ2) is 8.03. The first-order valence-corrected chi connectivity index (χ1v) is 7.70. The molecule has 0 heterocycles. The van der Waals surface area contributed by atoms with Crippen LogP contribution >= 0.6 is 19.5 Å². The minimum Gasteiger partial charge on any atom is -0.122 e. The van der Waals surface area contributed by atoms with Crippen LogP contribution in [0.25, 0.3) is 6.08 Å². The molecule has 0 amide bonds. The molecule has 0 aliphatic heterocycles. The van der Waals surface area contributed by atoms with Gasteiger partial charge >= 0.3 is 0 Å². The van der Waals surface area contributed by atoms with Gasteiger partial charge in [-0.15, -0.1) is 19.5 Å². The van der Waals surface area contributed by atoms with Crippen molar-refractivity contribution in [3.63, 3.8) is 0 Å². The Balaban J connectivity index is 0.000000364. The topological polar surface area (TPSA) is 0 Å². The van der Waals surface area contributed by atoms with Crippen LogP contribution in [0.4, 0.5) is 0 Å². The maximum atomic E-state index is 5.66. The minimum absolute atomic E-state index is 0.380. The second-order valence-corrected chi connectivity index (χ2v) is 6.33. The first-order valence-electron chi connectivity index (χ1n) is 4.49. The van der Waals surface area contributed by atoms with Crippen molar-refractivity contribution in [1.29, 1.82) is 0 Å². The Morgan fingerprint density at radius 1 is 1.29 bits per heavy atom. The molecule has 0 nitrogen and oxygen atoms in total. The molecule has 0 aliphatic carbocycles. The predicted octanol–water partition coefficient (Wildman–Crippen LogP) is 4.43. The van der Waals surface area contributed by atoms with E-state index >= 15 is 0 Å². The molecule has 0 aliphatic rings. The molecule has 0 atom stereocenters. The number of hydrogen-bond acceptors (Lipinski definition) is 0. The van der Waals surface area contributed by atoms with Crippen molar-refractivity contribution in [3.8, 4) is 0 Å². The van der Waals surface area contributed by atoms with Gasteiger partial charge in [0.25, 0.3) is 0 Å². The van der Waals surface area contributed by atoms with Crippen LogP contribution in [0.3, 0.4) is 0 Å². The summed E-state index contributed by atoms with van der Waals surface area (Å²) in [6.07, 6.45) is 1.82. The van der Waals surface area contributed by atoms with Gasteiger partial charge in [-0.3, -0.25) is 0 Å². The summed E-state index contributed by atoms with van der Waals surface area (Å²) < 4.78 is 0. The van der Waals surface area contributed by atoms with E-state index in [4.69, 9.17) is 11.6 Å². The molecule has 1 aromatic carbocycles. The van der Waals surface area contributed by atoms with E-state index in [9.17, 15) is 0 Å². The molecule has 0 saturated heterocycles. The number of alkyl halides is 1. The standard InChI is InChI=1S/C9H9Cl.C3H9P/c1-2-8-5-3-4-6-9(8)7-10;1-4(2)3/h2-6H,1,7H2;1-3H3. The summed E-state index contributed by atoms with van der Waals surface area (Å²) in [4.78, 5) is 0. The quantitative estimate of drug-likeness (QED) is 0.519. The summed E-state index contributed by atoms with van der Waals surface area (Å²) in [7, 11) is 0.380. The SMILES string of the molecule is C=Cc1ccccc1CCl.CP(C)C. The van der Waals surface area contributed by atoms with E-state index in [1.807, 2.05) is 30.3 Å². The first kappa shape index (κ1) is 13.7. The van der Waals surface area contributed by atoms with Crippen LogP contribution in [0.1, 0.15) is 11.1 Å². The normalized spacial score (nSPS) is 9.21. The van der Waals surface area contributed by atoms with Gasteiger partial charge in [-0.25, -0.2) is 0 Å². The van der Waals surface area contributed by atoms with E-state index in [1.54, 1.807) is 0 Å². The van der Waals surface area contributed by atoms with Gasteiger partial charge in [0.05, 0.1) is 0 Å². The highest BCUT2D eigenvalue weighted by Crippen LogP contribution is 2.14. The average Bonchev–Trinajstić information content (AvgIpc) is 2.17. The van der Waals surface area contributed by atoms with Crippen LogP contribution < -0.4 is 0 Å². The number of rotatable bonds is 2. The van der Waals surface area contributed by atoms with E-state index < -0.39 is 0 Å². The molecular weight excluding hydrogens is 211 g/mol. The number of benzene rings is 1. The van der Waals surface area contributed by atoms with Crippen molar-refractivity contribution in [3.05, 3.63) is 42.0 Å². The maximum absolute atomic E-state index is 5.66. The Morgan fingerprint density at radius 3 is 2.14 bits per heavy atom. The van der Waals surface area contributed by atoms with E-state index in [-0.39, 0.29) is 0 Å². The van der Waals surface area contributed by atoms with Crippen molar-refractivity contribution >= 4 is 25.6 Å². The fourth-order valence-corrected chi connectivity index (χ4v) is 1.10. The third kappa shape index (κ3) is 6.18. The molecule has 0 aromatic heterocycles. The summed E-state index contributed by atoms with van der Waals surface area (Å²) in [5.74, 6) is 0.558. The van der Waals surface area contributed by atoms with Gasteiger partial charge in [0.2, 0.25) is 0 Å². The van der Waals surface area contributed by atoms with Crippen molar-refractivity contribution in [2.24, 2.45) is 0 Å². The average molecular weight is 229 g/mol. The van der Waals surface area contributed by atoms with Crippen molar-refractivity contribution < 1.29 is 0 Å². The van der Waals surface area contributed by atoms with E-state index in [1.165, 1.54) is 0 Å². The fraction of sp³-hybridized carbons (Fsp3) is 0.333. The zero-order chi connectivity index (χ0) is 11.0. The van der Waals surface area contributed by atoms with Gasteiger partial charge in [-0.1, -0.05) is 36.9 Å². The molecule has 1 aromatic rings. The van der Waals surface area contributed by atoms with Crippen molar-refractivity contribution in [2.45, 2.75) is 5.88 Å². The molecule has 0 bridgehead atoms. The van der Waals surface area contributed by atoms with E-state index in [0.717, 1.165) is 11.1 Å². The molecule has 2 heteroatoms. The van der Waals surface area contributed by atoms with Gasteiger partial charge in [0.1, 0.15) is 0 Å². The summed E-state index contributed by atoms with van der Waals surface area (Å²) >= 11 is 5.66. The Morgan fingerprint density at radius 2 is 1.79 bits per heavy atom. The van der Waals surface area contributed by atoms with Crippen LogP contribution in [0.2, 0.25) is 0 Å². The Bertz CT molecular complexity index is 266. The first-order chi connectivity index (χ1) is 6.61. The van der Waals surface area contributed by atoms with Crippen LogP contribution in [0.15, 0.2) is 30.8 Å². The molecule has 0 saturated carbocycles. The lowest BCUT2D eigenvalue weighted by Crippen LogP contribution is -1.81. The number of halogens is 1. The highest BCUT2D eigenvalue weighted by Gasteiger charge is 1.93. The van der Waals surface area contributed by atoms with Crippen LogP contribution in [0, 0.1) is 0 Å². The van der Waals surface area contributed by atoms with Gasteiger partial charge in [0.15, 0.2) is 0 Å². The lowest BCUT2D eigenvalue weighted by molar-refractivity contribution is 1.38. The third-order valence-electron chi connectivity index (χ3n) is 1.42. The van der Waals surface area contributed by atoms with E-state index in [2.05, 4.69) is 26.6 Å². The summed E-state index contributed by atoms with van der Waals surface area (Å²) in [5.41, 5.74) is 2.26. The lowest BCUT2D eigenvalue weighted by atomic mass is 10.1. The fourth-order valence-electron chi connectivity index (χ4n) is 0.855. The van der Waals surface area contributed by atoms with Crippen molar-refractivity contribution in [1.82, 2.24) is 0 Å². The Hall–Kier alpha value is -0.320.